The predicted octanol–water partition coefficient (Wildman–Crippen LogP) is 2.92. The zero-order valence-electron chi connectivity index (χ0n) is 13.8. The highest BCUT2D eigenvalue weighted by atomic mass is 16.7. The fourth-order valence-electron chi connectivity index (χ4n) is 3.16. The molecule has 21 heavy (non-hydrogen) atoms. The quantitative estimate of drug-likeness (QED) is 0.586. The molecule has 0 spiro atoms. The van der Waals surface area contributed by atoms with Crippen LogP contribution in [0.4, 0.5) is 5.69 Å². The smallest absolute Gasteiger partial charge is 0.398 e. The lowest BCUT2D eigenvalue weighted by Crippen LogP contribution is -2.41. The maximum Gasteiger partial charge on any atom is 0.510 e. The van der Waals surface area contributed by atoms with Crippen LogP contribution in [0.15, 0.2) is 6.07 Å². The fourth-order valence-corrected chi connectivity index (χ4v) is 3.16. The topological polar surface area (TPSA) is 27.8 Å². The summed E-state index contributed by atoms with van der Waals surface area (Å²) >= 11 is 0. The van der Waals surface area contributed by atoms with E-state index in [1.54, 1.807) is 0 Å². The molecule has 1 fully saturated rings. The predicted molar refractivity (Wildman–Crippen MR) is 83.9 cm³/mol. The van der Waals surface area contributed by atoms with E-state index in [1.165, 1.54) is 0 Å². The lowest BCUT2D eigenvalue weighted by Gasteiger charge is -2.32. The van der Waals surface area contributed by atoms with Gasteiger partial charge in [-0.15, -0.1) is 0 Å². The summed E-state index contributed by atoms with van der Waals surface area (Å²) in [5.74, 6) is 0. The summed E-state index contributed by atoms with van der Waals surface area (Å²) in [5, 5.41) is 0. The Kier molecular flexibility index (Phi) is 2.90. The number of hydrogen-bond donors (Lipinski definition) is 0. The van der Waals surface area contributed by atoms with Crippen molar-refractivity contribution in [1.29, 1.82) is 0 Å². The molecule has 1 aromatic rings. The Balaban J connectivity index is 2.02. The van der Waals surface area contributed by atoms with Crippen molar-refractivity contribution in [3.8, 4) is 0 Å². The van der Waals surface area contributed by atoms with Crippen LogP contribution in [0.1, 0.15) is 47.2 Å². The summed E-state index contributed by atoms with van der Waals surface area (Å²) in [5.41, 5.74) is 2.34. The first kappa shape index (κ1) is 14.7. The molecule has 5 heteroatoms. The summed E-state index contributed by atoms with van der Waals surface area (Å²) in [6.45, 7) is 21.0. The zero-order valence-corrected chi connectivity index (χ0v) is 13.8. The standard InChI is InChI=1S/C16H23BN2O2/c1-14(2)9-12-11(18-7)8-13(19(12)10-14)17-20-15(3,4)16(5,6)21-17/h8H,9-10H2,1-6H3. The molecule has 1 aromatic heterocycles. The van der Waals surface area contributed by atoms with Gasteiger partial charge in [-0.05, 0) is 45.6 Å². The van der Waals surface area contributed by atoms with Gasteiger partial charge in [-0.2, -0.15) is 0 Å². The van der Waals surface area contributed by atoms with Gasteiger partial charge >= 0.3 is 7.12 Å². The molecule has 0 N–H and O–H groups in total. The number of nitrogens with zero attached hydrogens (tertiary/aromatic N) is 2. The minimum absolute atomic E-state index is 0.189. The third kappa shape index (κ3) is 2.13. The molecule has 0 atom stereocenters. The van der Waals surface area contributed by atoms with Crippen molar-refractivity contribution in [2.24, 2.45) is 5.41 Å². The highest BCUT2D eigenvalue weighted by Gasteiger charge is 2.53. The van der Waals surface area contributed by atoms with Gasteiger partial charge in [0.15, 0.2) is 0 Å². The fraction of sp³-hybridized carbons (Fsp3) is 0.688. The van der Waals surface area contributed by atoms with Crippen molar-refractivity contribution in [2.45, 2.75) is 65.7 Å². The Morgan fingerprint density at radius 3 is 2.24 bits per heavy atom. The molecule has 1 saturated heterocycles. The maximum absolute atomic E-state index is 7.41. The summed E-state index contributed by atoms with van der Waals surface area (Å²) in [6, 6.07) is 1.94. The number of hydrogen-bond acceptors (Lipinski definition) is 2. The van der Waals surface area contributed by atoms with E-state index in [2.05, 4.69) is 51.0 Å². The molecule has 0 aliphatic carbocycles. The molecule has 2 aliphatic heterocycles. The Hall–Kier alpha value is -1.25. The normalized spacial score (nSPS) is 24.9. The Labute approximate surface area is 127 Å². The second-order valence-electron chi connectivity index (χ2n) is 8.03. The van der Waals surface area contributed by atoms with Gasteiger partial charge in [-0.25, -0.2) is 4.85 Å². The van der Waals surface area contributed by atoms with Crippen molar-refractivity contribution >= 4 is 18.4 Å². The Morgan fingerprint density at radius 1 is 1.14 bits per heavy atom. The molecule has 112 valence electrons. The highest BCUT2D eigenvalue weighted by Crippen LogP contribution is 2.40. The molecule has 0 unspecified atom stereocenters. The monoisotopic (exact) mass is 286 g/mol. The van der Waals surface area contributed by atoms with Gasteiger partial charge in [0.25, 0.3) is 0 Å². The van der Waals surface area contributed by atoms with E-state index in [0.717, 1.165) is 29.9 Å². The first-order valence-electron chi connectivity index (χ1n) is 7.52. The van der Waals surface area contributed by atoms with E-state index in [-0.39, 0.29) is 16.6 Å². The zero-order chi connectivity index (χ0) is 15.6. The summed E-state index contributed by atoms with van der Waals surface area (Å²) in [7, 11) is -0.391. The van der Waals surface area contributed by atoms with Gasteiger partial charge in [0.2, 0.25) is 5.69 Å². The third-order valence-electron chi connectivity index (χ3n) is 5.07. The van der Waals surface area contributed by atoms with Crippen LogP contribution in [0, 0.1) is 12.0 Å². The van der Waals surface area contributed by atoms with Crippen molar-refractivity contribution in [1.82, 2.24) is 4.57 Å². The van der Waals surface area contributed by atoms with E-state index in [4.69, 9.17) is 15.9 Å². The number of aromatic nitrogens is 1. The summed E-state index contributed by atoms with van der Waals surface area (Å²) in [4.78, 5) is 3.69. The van der Waals surface area contributed by atoms with Crippen LogP contribution in [0.2, 0.25) is 0 Å². The molecular weight excluding hydrogens is 263 g/mol. The van der Waals surface area contributed by atoms with Crippen molar-refractivity contribution in [2.75, 3.05) is 0 Å². The molecule has 3 heterocycles. The molecule has 0 amide bonds. The van der Waals surface area contributed by atoms with Crippen LogP contribution in [0.25, 0.3) is 4.85 Å². The SMILES string of the molecule is [C-]#[N+]c1cc(B2OC(C)(C)C(C)(C)O2)n2c1CC(C)(C)C2. The van der Waals surface area contributed by atoms with Gasteiger partial charge in [0.05, 0.1) is 17.8 Å². The number of fused-ring (bicyclic) bond motifs is 1. The van der Waals surface area contributed by atoms with E-state index in [0.29, 0.717) is 0 Å². The third-order valence-corrected chi connectivity index (χ3v) is 5.07. The Morgan fingerprint density at radius 2 is 1.71 bits per heavy atom. The van der Waals surface area contributed by atoms with E-state index < -0.39 is 7.12 Å². The largest absolute Gasteiger partial charge is 0.510 e. The van der Waals surface area contributed by atoms with Gasteiger partial charge in [-0.3, -0.25) is 0 Å². The van der Waals surface area contributed by atoms with Gasteiger partial charge in [0, 0.05) is 17.8 Å². The van der Waals surface area contributed by atoms with E-state index in [9.17, 15) is 0 Å². The van der Waals surface area contributed by atoms with Crippen LogP contribution in [-0.2, 0) is 22.3 Å². The van der Waals surface area contributed by atoms with Crippen LogP contribution in [0.3, 0.4) is 0 Å². The maximum atomic E-state index is 7.41. The molecular formula is C16H23BN2O2. The number of rotatable bonds is 1. The lowest BCUT2D eigenvalue weighted by molar-refractivity contribution is 0.00578. The molecule has 0 aromatic carbocycles. The Bertz CT molecular complexity index is 621. The lowest BCUT2D eigenvalue weighted by atomic mass is 9.83. The molecule has 0 saturated carbocycles. The molecule has 4 nitrogen and oxygen atoms in total. The van der Waals surface area contributed by atoms with E-state index in [1.807, 2.05) is 6.07 Å². The van der Waals surface area contributed by atoms with Gasteiger partial charge in [0.1, 0.15) is 0 Å². The summed E-state index contributed by atoms with van der Waals surface area (Å²) in [6.07, 6.45) is 0.935. The second kappa shape index (κ2) is 4.15. The highest BCUT2D eigenvalue weighted by molar-refractivity contribution is 6.61. The average molecular weight is 286 g/mol. The van der Waals surface area contributed by atoms with Crippen molar-refractivity contribution in [3.05, 3.63) is 23.2 Å². The van der Waals surface area contributed by atoms with Crippen LogP contribution >= 0.6 is 0 Å². The average Bonchev–Trinajstić information content (AvgIpc) is 2.86. The minimum Gasteiger partial charge on any atom is -0.398 e. The summed E-state index contributed by atoms with van der Waals surface area (Å²) < 4.78 is 14.5. The van der Waals surface area contributed by atoms with Crippen molar-refractivity contribution < 1.29 is 9.31 Å². The minimum atomic E-state index is -0.391. The van der Waals surface area contributed by atoms with Crippen LogP contribution < -0.4 is 5.59 Å². The molecule has 0 bridgehead atoms. The van der Waals surface area contributed by atoms with Gasteiger partial charge in [-0.1, -0.05) is 13.8 Å². The van der Waals surface area contributed by atoms with Crippen LogP contribution in [-0.4, -0.2) is 22.9 Å². The second-order valence-corrected chi connectivity index (χ2v) is 8.03. The van der Waals surface area contributed by atoms with Crippen molar-refractivity contribution in [3.63, 3.8) is 0 Å². The molecule has 0 radical (unpaired) electrons. The molecule has 3 rings (SSSR count). The van der Waals surface area contributed by atoms with Crippen LogP contribution in [0.5, 0.6) is 0 Å². The molecule has 2 aliphatic rings. The van der Waals surface area contributed by atoms with E-state index >= 15 is 0 Å². The first-order chi connectivity index (χ1) is 9.56. The first-order valence-corrected chi connectivity index (χ1v) is 7.52. The van der Waals surface area contributed by atoms with Gasteiger partial charge < -0.3 is 13.9 Å².